The monoisotopic (exact) mass is 150 g/mol. The molecule has 0 aromatic rings. The van der Waals surface area contributed by atoms with Crippen molar-refractivity contribution < 1.29 is 0 Å². The summed E-state index contributed by atoms with van der Waals surface area (Å²) in [6.45, 7) is 4.22. The maximum absolute atomic E-state index is 4.01. The van der Waals surface area contributed by atoms with Crippen LogP contribution in [0.25, 0.3) is 0 Å². The topological polar surface area (TPSA) is 24.4 Å². The van der Waals surface area contributed by atoms with Crippen LogP contribution in [0.1, 0.15) is 13.8 Å². The van der Waals surface area contributed by atoms with Crippen molar-refractivity contribution in [3.8, 4) is 0 Å². The first kappa shape index (κ1) is 11.5. The highest BCUT2D eigenvalue weighted by Crippen LogP contribution is 1.90. The quantitative estimate of drug-likeness (QED) is 0.443. The van der Waals surface area contributed by atoms with Crippen LogP contribution in [0.2, 0.25) is 0 Å². The third kappa shape index (κ3) is 4.28. The SMILES string of the molecule is CN=C(NC)C(C)C.Cl. The Morgan fingerprint density at radius 1 is 1.44 bits per heavy atom. The van der Waals surface area contributed by atoms with E-state index in [4.69, 9.17) is 0 Å². The zero-order valence-electron chi connectivity index (χ0n) is 6.43. The zero-order valence-corrected chi connectivity index (χ0v) is 7.25. The maximum atomic E-state index is 4.01. The van der Waals surface area contributed by atoms with Gasteiger partial charge in [-0.2, -0.15) is 0 Å². The Morgan fingerprint density at radius 3 is 1.89 bits per heavy atom. The molecular weight excluding hydrogens is 136 g/mol. The number of hydrogen-bond donors (Lipinski definition) is 1. The lowest BCUT2D eigenvalue weighted by Crippen LogP contribution is -2.23. The van der Waals surface area contributed by atoms with Gasteiger partial charge in [0.2, 0.25) is 0 Å². The lowest BCUT2D eigenvalue weighted by molar-refractivity contribution is 0.834. The van der Waals surface area contributed by atoms with Crippen molar-refractivity contribution in [2.24, 2.45) is 10.9 Å². The molecule has 0 aliphatic carbocycles. The summed E-state index contributed by atoms with van der Waals surface area (Å²) in [6.07, 6.45) is 0. The molecule has 56 valence electrons. The fourth-order valence-corrected chi connectivity index (χ4v) is 0.659. The molecule has 0 bridgehead atoms. The number of hydrogen-bond acceptors (Lipinski definition) is 1. The van der Waals surface area contributed by atoms with Crippen LogP contribution in [-0.2, 0) is 0 Å². The first-order chi connectivity index (χ1) is 3.72. The standard InChI is InChI=1S/C6H14N2.ClH/c1-5(2)6(7-3)8-4;/h5H,1-4H3,(H,7,8);1H. The highest BCUT2D eigenvalue weighted by molar-refractivity contribution is 5.85. The fourth-order valence-electron chi connectivity index (χ4n) is 0.659. The van der Waals surface area contributed by atoms with Gasteiger partial charge >= 0.3 is 0 Å². The number of nitrogens with one attached hydrogen (secondary N) is 1. The van der Waals surface area contributed by atoms with Gasteiger partial charge in [0.1, 0.15) is 0 Å². The summed E-state index contributed by atoms with van der Waals surface area (Å²) < 4.78 is 0. The van der Waals surface area contributed by atoms with E-state index in [0.717, 1.165) is 5.84 Å². The summed E-state index contributed by atoms with van der Waals surface area (Å²) in [6, 6.07) is 0. The van der Waals surface area contributed by atoms with Crippen molar-refractivity contribution in [1.29, 1.82) is 0 Å². The zero-order chi connectivity index (χ0) is 6.57. The van der Waals surface area contributed by atoms with Crippen LogP contribution in [0.3, 0.4) is 0 Å². The molecule has 0 spiro atoms. The van der Waals surface area contributed by atoms with Crippen molar-refractivity contribution in [3.05, 3.63) is 0 Å². The van der Waals surface area contributed by atoms with E-state index in [1.54, 1.807) is 7.05 Å². The average Bonchev–Trinajstić information content (AvgIpc) is 1.69. The van der Waals surface area contributed by atoms with Gasteiger partial charge in [-0.15, -0.1) is 12.4 Å². The van der Waals surface area contributed by atoms with Gasteiger partial charge in [0.05, 0.1) is 5.84 Å². The van der Waals surface area contributed by atoms with E-state index in [0.29, 0.717) is 5.92 Å². The van der Waals surface area contributed by atoms with Gasteiger partial charge in [0.25, 0.3) is 0 Å². The Kier molecular flexibility index (Phi) is 7.55. The van der Waals surface area contributed by atoms with Crippen LogP contribution in [0, 0.1) is 5.92 Å². The molecule has 0 rings (SSSR count). The summed E-state index contributed by atoms with van der Waals surface area (Å²) in [5, 5.41) is 3.00. The van der Waals surface area contributed by atoms with Gasteiger partial charge in [-0.3, -0.25) is 4.99 Å². The minimum atomic E-state index is 0. The van der Waals surface area contributed by atoms with Crippen LogP contribution in [0.4, 0.5) is 0 Å². The van der Waals surface area contributed by atoms with Gasteiger partial charge in [0.15, 0.2) is 0 Å². The van der Waals surface area contributed by atoms with Crippen molar-refractivity contribution in [2.45, 2.75) is 13.8 Å². The van der Waals surface area contributed by atoms with Crippen LogP contribution in [0.15, 0.2) is 4.99 Å². The van der Waals surface area contributed by atoms with Crippen LogP contribution >= 0.6 is 12.4 Å². The van der Waals surface area contributed by atoms with Gasteiger partial charge in [-0.25, -0.2) is 0 Å². The minimum absolute atomic E-state index is 0. The molecule has 0 aliphatic heterocycles. The molecule has 0 aliphatic rings. The molecule has 9 heavy (non-hydrogen) atoms. The number of rotatable bonds is 1. The Balaban J connectivity index is 0. The molecule has 0 heterocycles. The molecule has 3 heteroatoms. The largest absolute Gasteiger partial charge is 0.377 e. The van der Waals surface area contributed by atoms with Crippen molar-refractivity contribution in [2.75, 3.05) is 14.1 Å². The summed E-state index contributed by atoms with van der Waals surface area (Å²) in [7, 11) is 3.69. The molecule has 0 atom stereocenters. The number of nitrogens with zero attached hydrogens (tertiary/aromatic N) is 1. The molecule has 0 aromatic heterocycles. The summed E-state index contributed by atoms with van der Waals surface area (Å²) in [4.78, 5) is 4.01. The van der Waals surface area contributed by atoms with Crippen molar-refractivity contribution in [1.82, 2.24) is 5.32 Å². The van der Waals surface area contributed by atoms with E-state index in [2.05, 4.69) is 24.2 Å². The second-order valence-corrected chi connectivity index (χ2v) is 2.01. The maximum Gasteiger partial charge on any atom is 0.0982 e. The Hall–Kier alpha value is -0.240. The highest BCUT2D eigenvalue weighted by Gasteiger charge is 1.97. The van der Waals surface area contributed by atoms with E-state index in [9.17, 15) is 0 Å². The first-order valence-electron chi connectivity index (χ1n) is 2.86. The smallest absolute Gasteiger partial charge is 0.0982 e. The molecule has 0 amide bonds. The van der Waals surface area contributed by atoms with Gasteiger partial charge < -0.3 is 5.32 Å². The van der Waals surface area contributed by atoms with Gasteiger partial charge in [-0.1, -0.05) is 13.8 Å². The molecule has 0 radical (unpaired) electrons. The fraction of sp³-hybridized carbons (Fsp3) is 0.833. The molecule has 0 saturated heterocycles. The first-order valence-corrected chi connectivity index (χ1v) is 2.86. The third-order valence-electron chi connectivity index (χ3n) is 1.04. The van der Waals surface area contributed by atoms with E-state index in [1.807, 2.05) is 7.05 Å². The lowest BCUT2D eigenvalue weighted by Gasteiger charge is -2.06. The predicted octanol–water partition coefficient (Wildman–Crippen LogP) is 1.31. The lowest BCUT2D eigenvalue weighted by atomic mass is 10.2. The van der Waals surface area contributed by atoms with E-state index >= 15 is 0 Å². The van der Waals surface area contributed by atoms with Crippen molar-refractivity contribution in [3.63, 3.8) is 0 Å². The normalized spacial score (nSPS) is 11.0. The van der Waals surface area contributed by atoms with E-state index in [1.165, 1.54) is 0 Å². The van der Waals surface area contributed by atoms with E-state index in [-0.39, 0.29) is 12.4 Å². The predicted molar refractivity (Wildman–Crippen MR) is 44.5 cm³/mol. The minimum Gasteiger partial charge on any atom is -0.377 e. The third-order valence-corrected chi connectivity index (χ3v) is 1.04. The van der Waals surface area contributed by atoms with E-state index < -0.39 is 0 Å². The molecule has 0 unspecified atom stereocenters. The van der Waals surface area contributed by atoms with Gasteiger partial charge in [-0.05, 0) is 0 Å². The second-order valence-electron chi connectivity index (χ2n) is 2.01. The Morgan fingerprint density at radius 2 is 1.89 bits per heavy atom. The molecule has 0 aromatic carbocycles. The summed E-state index contributed by atoms with van der Waals surface area (Å²) in [5.74, 6) is 1.58. The molecule has 0 saturated carbocycles. The Bertz CT molecular complexity index is 89.1. The second kappa shape index (κ2) is 5.89. The molecule has 1 N–H and O–H groups in total. The molecular formula is C6H15ClN2. The Labute approximate surface area is 63.2 Å². The van der Waals surface area contributed by atoms with Crippen LogP contribution in [0.5, 0.6) is 0 Å². The summed E-state index contributed by atoms with van der Waals surface area (Å²) >= 11 is 0. The molecule has 2 nitrogen and oxygen atoms in total. The van der Waals surface area contributed by atoms with Crippen LogP contribution < -0.4 is 5.32 Å². The average molecular weight is 151 g/mol. The molecule has 0 fully saturated rings. The number of amidine groups is 1. The van der Waals surface area contributed by atoms with Gasteiger partial charge in [0, 0.05) is 20.0 Å². The number of halogens is 1. The van der Waals surface area contributed by atoms with Crippen LogP contribution in [-0.4, -0.2) is 19.9 Å². The van der Waals surface area contributed by atoms with Crippen molar-refractivity contribution >= 4 is 18.2 Å². The highest BCUT2D eigenvalue weighted by atomic mass is 35.5. The summed E-state index contributed by atoms with van der Waals surface area (Å²) in [5.41, 5.74) is 0. The number of aliphatic imine (C=N–C) groups is 1.